The van der Waals surface area contributed by atoms with Crippen LogP contribution < -0.4 is 25.7 Å². The maximum absolute atomic E-state index is 13.1. The average molecular weight is 587 g/mol. The van der Waals surface area contributed by atoms with Gasteiger partial charge >= 0.3 is 0 Å². The molecule has 0 aliphatic carbocycles. The van der Waals surface area contributed by atoms with Crippen LogP contribution in [0.5, 0.6) is 5.75 Å². The first-order valence-corrected chi connectivity index (χ1v) is 14.0. The molecular formula is C29H34N10O4. The quantitative estimate of drug-likeness (QED) is 0.0894. The number of amides is 2. The summed E-state index contributed by atoms with van der Waals surface area (Å²) in [5, 5.41) is 7.87. The van der Waals surface area contributed by atoms with Crippen LogP contribution in [0.3, 0.4) is 0 Å². The number of hydrogen-bond donors (Lipinski definition) is 2. The number of likely N-dealkylation sites (N-methyl/N-ethyl adjacent to an activating group) is 1. The fraction of sp³-hybridized carbons (Fsp3) is 0.379. The maximum Gasteiger partial charge on any atom is 0.267 e. The number of carbonyl (C=O) groups excluding carboxylic acids is 2. The summed E-state index contributed by atoms with van der Waals surface area (Å²) in [6.45, 7) is 3.17. The summed E-state index contributed by atoms with van der Waals surface area (Å²) in [7, 11) is 1.75. The molecule has 14 heteroatoms. The van der Waals surface area contributed by atoms with Crippen LogP contribution >= 0.6 is 0 Å². The lowest BCUT2D eigenvalue weighted by molar-refractivity contribution is -0.119. The lowest BCUT2D eigenvalue weighted by Crippen LogP contribution is -2.56. The van der Waals surface area contributed by atoms with Gasteiger partial charge in [-0.3, -0.25) is 19.6 Å². The van der Waals surface area contributed by atoms with Crippen molar-refractivity contribution in [2.24, 2.45) is 11.0 Å². The van der Waals surface area contributed by atoms with E-state index in [1.807, 2.05) is 25.1 Å². The second-order valence-electron chi connectivity index (χ2n) is 10.3. The second-order valence-corrected chi connectivity index (χ2v) is 10.3. The van der Waals surface area contributed by atoms with Gasteiger partial charge in [-0.1, -0.05) is 11.2 Å². The van der Waals surface area contributed by atoms with Crippen molar-refractivity contribution in [3.05, 3.63) is 76.4 Å². The van der Waals surface area contributed by atoms with E-state index in [2.05, 4.69) is 25.2 Å². The van der Waals surface area contributed by atoms with Crippen LogP contribution in [0, 0.1) is 0 Å². The summed E-state index contributed by atoms with van der Waals surface area (Å²) in [5.74, 6) is 7.18. The highest BCUT2D eigenvalue weighted by atomic mass is 16.5. The van der Waals surface area contributed by atoms with Crippen LogP contribution in [0.1, 0.15) is 35.7 Å². The lowest BCUT2D eigenvalue weighted by Gasteiger charge is -2.44. The van der Waals surface area contributed by atoms with Gasteiger partial charge in [0.25, 0.3) is 5.91 Å². The number of carbonyl (C=O) groups is 2. The van der Waals surface area contributed by atoms with Crippen molar-refractivity contribution in [3.63, 3.8) is 0 Å². The molecule has 2 aliphatic rings. The Bertz CT molecular complexity index is 1510. The predicted octanol–water partition coefficient (Wildman–Crippen LogP) is 3.78. The number of hydrogen-bond acceptors (Lipinski definition) is 10. The summed E-state index contributed by atoms with van der Waals surface area (Å²) >= 11 is 0. The zero-order valence-corrected chi connectivity index (χ0v) is 24.1. The second kappa shape index (κ2) is 13.4. The zero-order chi connectivity index (χ0) is 30.3. The molecule has 14 nitrogen and oxygen atoms in total. The van der Waals surface area contributed by atoms with Crippen molar-refractivity contribution >= 4 is 34.8 Å². The number of nitrogens with two attached hydrogens (primary N) is 1. The number of ether oxygens (including phenoxy) is 2. The van der Waals surface area contributed by atoms with E-state index >= 15 is 0 Å². The smallest absolute Gasteiger partial charge is 0.267 e. The van der Waals surface area contributed by atoms with Gasteiger partial charge in [0.15, 0.2) is 12.5 Å². The third kappa shape index (κ3) is 6.61. The zero-order valence-electron chi connectivity index (χ0n) is 24.1. The number of benzene rings is 1. The molecule has 1 saturated heterocycles. The molecule has 2 amide bonds. The van der Waals surface area contributed by atoms with Gasteiger partial charge in [-0.2, -0.15) is 0 Å². The maximum atomic E-state index is 13.1. The highest BCUT2D eigenvalue weighted by Crippen LogP contribution is 2.39. The highest BCUT2D eigenvalue weighted by molar-refractivity contribution is 6.04. The van der Waals surface area contributed by atoms with E-state index < -0.39 is 5.91 Å². The highest BCUT2D eigenvalue weighted by Gasteiger charge is 2.39. The number of anilines is 4. The average Bonchev–Trinajstić information content (AvgIpc) is 3.04. The van der Waals surface area contributed by atoms with Gasteiger partial charge in [0, 0.05) is 55.7 Å². The van der Waals surface area contributed by atoms with Crippen LogP contribution in [0.4, 0.5) is 23.0 Å². The van der Waals surface area contributed by atoms with E-state index in [1.165, 1.54) is 0 Å². The molecule has 3 N–H and O–H groups in total. The first kappa shape index (κ1) is 29.6. The van der Waals surface area contributed by atoms with E-state index in [-0.39, 0.29) is 37.0 Å². The van der Waals surface area contributed by atoms with Gasteiger partial charge in [-0.05, 0) is 73.7 Å². The van der Waals surface area contributed by atoms with Gasteiger partial charge in [0.05, 0.1) is 11.4 Å². The number of nitrogens with one attached hydrogen (secondary N) is 1. The minimum Gasteiger partial charge on any atom is -0.485 e. The molecule has 43 heavy (non-hydrogen) atoms. The Morgan fingerprint density at radius 2 is 2.09 bits per heavy atom. The molecule has 2 aromatic heterocycles. The van der Waals surface area contributed by atoms with E-state index in [0.717, 1.165) is 29.1 Å². The normalized spacial score (nSPS) is 16.7. The largest absolute Gasteiger partial charge is 0.485 e. The Morgan fingerprint density at radius 3 is 2.84 bits per heavy atom. The Morgan fingerprint density at radius 1 is 1.28 bits per heavy atom. The number of azide groups is 1. The van der Waals surface area contributed by atoms with Crippen LogP contribution in [0.15, 0.2) is 60.0 Å². The number of aromatic nitrogens is 2. The molecule has 3 aromatic rings. The van der Waals surface area contributed by atoms with Crippen molar-refractivity contribution in [1.29, 1.82) is 0 Å². The number of hydrazine groups is 1. The molecule has 1 atom stereocenters. The SMILES string of the molecule is C[C@@H]1C(=O)N(C)c2ccc(Nc3ccc(C(=O)N(N)CCc4cccnc4)cc3OCN=[N+]=[N-])nc2N1C1CCOCC1. The Labute approximate surface area is 249 Å². The monoisotopic (exact) mass is 586 g/mol. The molecule has 0 unspecified atom stereocenters. The molecule has 0 bridgehead atoms. The topological polar surface area (TPSA) is 175 Å². The molecule has 0 saturated carbocycles. The van der Waals surface area contributed by atoms with Crippen LogP contribution in [-0.2, 0) is 16.0 Å². The molecule has 1 aromatic carbocycles. The number of rotatable bonds is 10. The van der Waals surface area contributed by atoms with Gasteiger partial charge in [-0.15, -0.1) is 0 Å². The van der Waals surface area contributed by atoms with Crippen molar-refractivity contribution < 1.29 is 19.1 Å². The van der Waals surface area contributed by atoms with E-state index in [9.17, 15) is 9.59 Å². The number of nitrogens with zero attached hydrogens (tertiary/aromatic N) is 8. The van der Waals surface area contributed by atoms with Gasteiger partial charge in [-0.25, -0.2) is 10.8 Å². The minimum atomic E-state index is -0.398. The molecular weight excluding hydrogens is 552 g/mol. The third-order valence-corrected chi connectivity index (χ3v) is 7.61. The standard InChI is InChI=1S/C29H34N10O4/c1-19-28(40)37(2)24-7-8-26(35-27(24)39(19)22-10-14-42-15-11-22)34-23-6-5-21(16-25(23)43-18-33-36-30)29(41)38(31)13-9-20-4-3-12-32-17-20/h3-8,12,16-17,19,22H,9-11,13-15,18,31H2,1-2H3,(H,34,35)/t19-/m1/s1. The first-order chi connectivity index (χ1) is 20.9. The lowest BCUT2D eigenvalue weighted by atomic mass is 10.0. The van der Waals surface area contributed by atoms with E-state index in [1.54, 1.807) is 48.6 Å². The van der Waals surface area contributed by atoms with Crippen molar-refractivity contribution in [2.45, 2.75) is 38.3 Å². The molecule has 4 heterocycles. The molecule has 2 aliphatic heterocycles. The molecule has 224 valence electrons. The van der Waals surface area contributed by atoms with Crippen LogP contribution in [-0.4, -0.2) is 72.4 Å². The first-order valence-electron chi connectivity index (χ1n) is 14.0. The van der Waals surface area contributed by atoms with Gasteiger partial charge in [0.2, 0.25) is 5.91 Å². The fourth-order valence-corrected chi connectivity index (χ4v) is 5.32. The van der Waals surface area contributed by atoms with Crippen molar-refractivity contribution in [3.8, 4) is 5.75 Å². The van der Waals surface area contributed by atoms with E-state index in [4.69, 9.17) is 25.8 Å². The predicted molar refractivity (Wildman–Crippen MR) is 161 cm³/mol. The number of pyridine rings is 2. The van der Waals surface area contributed by atoms with Gasteiger partial charge < -0.3 is 24.6 Å². The molecule has 5 rings (SSSR count). The van der Waals surface area contributed by atoms with Crippen molar-refractivity contribution in [2.75, 3.05) is 48.7 Å². The summed E-state index contributed by atoms with van der Waals surface area (Å²) in [4.78, 5) is 41.6. The van der Waals surface area contributed by atoms with E-state index in [0.29, 0.717) is 42.5 Å². The van der Waals surface area contributed by atoms with Crippen LogP contribution in [0.25, 0.3) is 10.4 Å². The molecule has 0 spiro atoms. The molecule has 1 fully saturated rings. The summed E-state index contributed by atoms with van der Waals surface area (Å²) in [6.07, 6.45) is 5.56. The van der Waals surface area contributed by atoms with Crippen molar-refractivity contribution in [1.82, 2.24) is 15.0 Å². The summed E-state index contributed by atoms with van der Waals surface area (Å²) in [6, 6.07) is 12.0. The third-order valence-electron chi connectivity index (χ3n) is 7.61. The fourth-order valence-electron chi connectivity index (χ4n) is 5.32. The molecule has 0 radical (unpaired) electrons. The Hall–Kier alpha value is -4.91. The van der Waals surface area contributed by atoms with Crippen LogP contribution in [0.2, 0.25) is 0 Å². The minimum absolute atomic E-state index is 0.00451. The number of fused-ring (bicyclic) bond motifs is 1. The Kier molecular flexibility index (Phi) is 9.20. The summed E-state index contributed by atoms with van der Waals surface area (Å²) in [5.41, 5.74) is 11.2. The Balaban J connectivity index is 1.40. The summed E-state index contributed by atoms with van der Waals surface area (Å²) < 4.78 is 11.3. The van der Waals surface area contributed by atoms with Gasteiger partial charge in [0.1, 0.15) is 17.6 Å².